The van der Waals surface area contributed by atoms with E-state index < -0.39 is 0 Å². The van der Waals surface area contributed by atoms with E-state index in [1.54, 1.807) is 0 Å². The van der Waals surface area contributed by atoms with Crippen molar-refractivity contribution in [3.8, 4) is 0 Å². The Labute approximate surface area is 160 Å². The average molecular weight is 372 g/mol. The van der Waals surface area contributed by atoms with Crippen molar-refractivity contribution in [3.63, 3.8) is 0 Å². The van der Waals surface area contributed by atoms with E-state index in [2.05, 4.69) is 46.3 Å². The van der Waals surface area contributed by atoms with Crippen molar-refractivity contribution in [2.45, 2.75) is 13.3 Å². The second-order valence-electron chi connectivity index (χ2n) is 6.82. The van der Waals surface area contributed by atoms with Crippen LogP contribution in [0.15, 0.2) is 48.5 Å². The smallest absolute Gasteiger partial charge is 0.224 e. The molecule has 0 atom stereocenters. The molecule has 1 heterocycles. The molecule has 0 aromatic heterocycles. The summed E-state index contributed by atoms with van der Waals surface area (Å²) in [4.78, 5) is 16.9. The molecule has 2 aromatic carbocycles. The molecular weight excluding hydrogens is 346 g/mol. The molecule has 1 amide bonds. The average Bonchev–Trinajstić information content (AvgIpc) is 2.64. The fourth-order valence-corrected chi connectivity index (χ4v) is 3.38. The summed E-state index contributed by atoms with van der Waals surface area (Å²) in [5.41, 5.74) is 3.59. The van der Waals surface area contributed by atoms with E-state index in [0.29, 0.717) is 18.0 Å². The van der Waals surface area contributed by atoms with Crippen LogP contribution < -0.4 is 10.2 Å². The highest BCUT2D eigenvalue weighted by molar-refractivity contribution is 6.30. The third-order valence-corrected chi connectivity index (χ3v) is 5.02. The maximum atomic E-state index is 12.0. The first kappa shape index (κ1) is 18.7. The minimum absolute atomic E-state index is 0.0609. The van der Waals surface area contributed by atoms with E-state index >= 15 is 0 Å². The van der Waals surface area contributed by atoms with Gasteiger partial charge >= 0.3 is 0 Å². The van der Waals surface area contributed by atoms with Gasteiger partial charge in [-0.05, 0) is 42.3 Å². The van der Waals surface area contributed by atoms with E-state index in [4.69, 9.17) is 11.6 Å². The van der Waals surface area contributed by atoms with Gasteiger partial charge in [-0.2, -0.15) is 0 Å². The zero-order valence-electron chi connectivity index (χ0n) is 15.2. The number of halogens is 1. The molecule has 0 saturated carbocycles. The molecule has 2 aromatic rings. The second-order valence-corrected chi connectivity index (χ2v) is 7.26. The zero-order valence-corrected chi connectivity index (χ0v) is 16.0. The number of hydrogen-bond acceptors (Lipinski definition) is 3. The van der Waals surface area contributed by atoms with Gasteiger partial charge in [0, 0.05) is 50.0 Å². The van der Waals surface area contributed by atoms with Crippen LogP contribution in [-0.4, -0.2) is 50.1 Å². The van der Waals surface area contributed by atoms with Gasteiger partial charge in [0.1, 0.15) is 0 Å². The van der Waals surface area contributed by atoms with Gasteiger partial charge in [-0.25, -0.2) is 0 Å². The fraction of sp³-hybridized carbons (Fsp3) is 0.381. The quantitative estimate of drug-likeness (QED) is 0.847. The van der Waals surface area contributed by atoms with Crippen molar-refractivity contribution in [2.75, 3.05) is 44.2 Å². The Kier molecular flexibility index (Phi) is 6.53. The summed E-state index contributed by atoms with van der Waals surface area (Å²) in [5, 5.41) is 3.71. The van der Waals surface area contributed by atoms with Crippen LogP contribution in [0.3, 0.4) is 0 Å². The highest BCUT2D eigenvalue weighted by atomic mass is 35.5. The molecule has 26 heavy (non-hydrogen) atoms. The van der Waals surface area contributed by atoms with Crippen LogP contribution in [0.5, 0.6) is 0 Å². The van der Waals surface area contributed by atoms with Gasteiger partial charge in [-0.15, -0.1) is 0 Å². The molecule has 3 rings (SSSR count). The van der Waals surface area contributed by atoms with Gasteiger partial charge in [0.25, 0.3) is 0 Å². The van der Waals surface area contributed by atoms with Crippen LogP contribution in [0.4, 0.5) is 5.69 Å². The van der Waals surface area contributed by atoms with E-state index in [9.17, 15) is 4.79 Å². The predicted octanol–water partition coefficient (Wildman–Crippen LogP) is 3.13. The molecule has 1 fully saturated rings. The molecule has 4 nitrogen and oxygen atoms in total. The molecule has 0 aliphatic carbocycles. The number of benzene rings is 2. The number of nitrogens with one attached hydrogen (secondary N) is 1. The summed E-state index contributed by atoms with van der Waals surface area (Å²) in [6.07, 6.45) is 0.401. The van der Waals surface area contributed by atoms with Crippen molar-refractivity contribution < 1.29 is 4.79 Å². The summed E-state index contributed by atoms with van der Waals surface area (Å²) >= 11 is 5.87. The topological polar surface area (TPSA) is 35.6 Å². The summed E-state index contributed by atoms with van der Waals surface area (Å²) in [6, 6.07) is 16.1. The Bertz CT molecular complexity index is 724. The first-order valence-electron chi connectivity index (χ1n) is 9.15. The van der Waals surface area contributed by atoms with Gasteiger partial charge in [-0.1, -0.05) is 35.9 Å². The van der Waals surface area contributed by atoms with E-state index in [1.807, 2.05) is 24.3 Å². The first-order chi connectivity index (χ1) is 12.6. The van der Waals surface area contributed by atoms with Crippen molar-refractivity contribution >= 4 is 23.2 Å². The first-order valence-corrected chi connectivity index (χ1v) is 9.53. The molecule has 0 radical (unpaired) electrons. The maximum absolute atomic E-state index is 12.0. The number of aryl methyl sites for hydroxylation is 1. The standard InChI is InChI=1S/C21H26ClN3O/c1-17-3-2-4-20(15-17)25-13-11-24(12-14-25)10-9-23-21(26)16-18-5-7-19(22)8-6-18/h2-8,15H,9-14,16H2,1H3,(H,23,26). The Morgan fingerprint density at radius 1 is 1.08 bits per heavy atom. The highest BCUT2D eigenvalue weighted by Crippen LogP contribution is 2.17. The Morgan fingerprint density at radius 3 is 2.50 bits per heavy atom. The summed E-state index contributed by atoms with van der Waals surface area (Å²) in [6.45, 7) is 7.84. The maximum Gasteiger partial charge on any atom is 0.224 e. The number of hydrogen-bond donors (Lipinski definition) is 1. The van der Waals surface area contributed by atoms with Crippen LogP contribution in [-0.2, 0) is 11.2 Å². The number of amides is 1. The van der Waals surface area contributed by atoms with Crippen molar-refractivity contribution in [1.82, 2.24) is 10.2 Å². The number of carbonyl (C=O) groups excluding carboxylic acids is 1. The molecule has 1 aliphatic heterocycles. The largest absolute Gasteiger partial charge is 0.369 e. The third kappa shape index (κ3) is 5.48. The number of anilines is 1. The van der Waals surface area contributed by atoms with Gasteiger partial charge in [0.15, 0.2) is 0 Å². The van der Waals surface area contributed by atoms with Gasteiger partial charge in [-0.3, -0.25) is 9.69 Å². The molecule has 1 aliphatic rings. The Morgan fingerprint density at radius 2 is 1.81 bits per heavy atom. The predicted molar refractivity (Wildman–Crippen MR) is 108 cm³/mol. The Balaban J connectivity index is 1.36. The molecule has 0 bridgehead atoms. The summed E-state index contributed by atoms with van der Waals surface area (Å²) in [5.74, 6) is 0.0609. The molecule has 1 saturated heterocycles. The van der Waals surface area contributed by atoms with Gasteiger partial charge < -0.3 is 10.2 Å². The van der Waals surface area contributed by atoms with Crippen LogP contribution in [0.1, 0.15) is 11.1 Å². The summed E-state index contributed by atoms with van der Waals surface area (Å²) in [7, 11) is 0. The summed E-state index contributed by atoms with van der Waals surface area (Å²) < 4.78 is 0. The lowest BCUT2D eigenvalue weighted by atomic mass is 10.1. The van der Waals surface area contributed by atoms with Crippen molar-refractivity contribution in [2.24, 2.45) is 0 Å². The molecular formula is C21H26ClN3O. The van der Waals surface area contributed by atoms with E-state index in [1.165, 1.54) is 11.3 Å². The van der Waals surface area contributed by atoms with Crippen molar-refractivity contribution in [1.29, 1.82) is 0 Å². The Hall–Kier alpha value is -2.04. The molecule has 138 valence electrons. The SMILES string of the molecule is Cc1cccc(N2CCN(CCNC(=O)Cc3ccc(Cl)cc3)CC2)c1. The molecule has 1 N–H and O–H groups in total. The normalized spacial score (nSPS) is 15.1. The van der Waals surface area contributed by atoms with Crippen LogP contribution in [0, 0.1) is 6.92 Å². The highest BCUT2D eigenvalue weighted by Gasteiger charge is 2.17. The van der Waals surface area contributed by atoms with Gasteiger partial charge in [0.05, 0.1) is 6.42 Å². The minimum atomic E-state index is 0.0609. The number of rotatable bonds is 6. The van der Waals surface area contributed by atoms with Crippen LogP contribution >= 0.6 is 11.6 Å². The zero-order chi connectivity index (χ0) is 18.4. The second kappa shape index (κ2) is 9.06. The fourth-order valence-electron chi connectivity index (χ4n) is 3.26. The molecule has 5 heteroatoms. The lowest BCUT2D eigenvalue weighted by Crippen LogP contribution is -2.48. The minimum Gasteiger partial charge on any atom is -0.369 e. The molecule has 0 unspecified atom stereocenters. The van der Waals surface area contributed by atoms with Crippen LogP contribution in [0.2, 0.25) is 5.02 Å². The number of piperazine rings is 1. The van der Waals surface area contributed by atoms with Gasteiger partial charge in [0.2, 0.25) is 5.91 Å². The number of nitrogens with zero attached hydrogens (tertiary/aromatic N) is 2. The third-order valence-electron chi connectivity index (χ3n) is 4.77. The van der Waals surface area contributed by atoms with E-state index in [0.717, 1.165) is 38.3 Å². The lowest BCUT2D eigenvalue weighted by Gasteiger charge is -2.36. The number of carbonyl (C=O) groups is 1. The van der Waals surface area contributed by atoms with E-state index in [-0.39, 0.29) is 5.91 Å². The van der Waals surface area contributed by atoms with Crippen molar-refractivity contribution in [3.05, 3.63) is 64.7 Å². The lowest BCUT2D eigenvalue weighted by molar-refractivity contribution is -0.120. The molecule has 0 spiro atoms. The monoisotopic (exact) mass is 371 g/mol. The van der Waals surface area contributed by atoms with Crippen LogP contribution in [0.25, 0.3) is 0 Å².